The summed E-state index contributed by atoms with van der Waals surface area (Å²) in [6.07, 6.45) is 5.49. The van der Waals surface area contributed by atoms with E-state index in [1.807, 2.05) is 35.7 Å². The quantitative estimate of drug-likeness (QED) is 0.721. The number of aryl methyl sites for hydroxylation is 2. The lowest BCUT2D eigenvalue weighted by molar-refractivity contribution is 0.0731. The maximum absolute atomic E-state index is 12.6. The number of pyridine rings is 1. The van der Waals surface area contributed by atoms with Crippen molar-refractivity contribution in [2.45, 2.75) is 26.5 Å². The van der Waals surface area contributed by atoms with Gasteiger partial charge >= 0.3 is 0 Å². The van der Waals surface area contributed by atoms with Crippen LogP contribution >= 0.6 is 0 Å². The predicted molar refractivity (Wildman–Crippen MR) is 93.7 cm³/mol. The second-order valence-corrected chi connectivity index (χ2v) is 6.44. The Kier molecular flexibility index (Phi) is 4.20. The zero-order chi connectivity index (χ0) is 18.1. The van der Waals surface area contributed by atoms with E-state index in [0.717, 1.165) is 28.9 Å². The molecule has 1 aliphatic heterocycles. The smallest absolute Gasteiger partial charge is 0.257 e. The first-order chi connectivity index (χ1) is 12.6. The number of furan rings is 1. The van der Waals surface area contributed by atoms with Crippen LogP contribution in [0.2, 0.25) is 0 Å². The molecule has 0 radical (unpaired) electrons. The van der Waals surface area contributed by atoms with Crippen molar-refractivity contribution in [3.63, 3.8) is 0 Å². The number of nitrogens with zero attached hydrogens (tertiary/aromatic N) is 4. The summed E-state index contributed by atoms with van der Waals surface area (Å²) in [4.78, 5) is 18.6. The Morgan fingerprint density at radius 2 is 2.27 bits per heavy atom. The molecule has 1 amide bonds. The van der Waals surface area contributed by atoms with Gasteiger partial charge in [-0.15, -0.1) is 0 Å². The van der Waals surface area contributed by atoms with Crippen molar-refractivity contribution in [2.75, 3.05) is 6.54 Å². The Balaban J connectivity index is 1.53. The van der Waals surface area contributed by atoms with E-state index < -0.39 is 0 Å². The number of carbonyl (C=O) groups is 1. The average molecular weight is 352 g/mol. The van der Waals surface area contributed by atoms with E-state index in [0.29, 0.717) is 31.1 Å². The van der Waals surface area contributed by atoms with E-state index in [2.05, 4.69) is 10.1 Å². The monoisotopic (exact) mass is 352 g/mol. The van der Waals surface area contributed by atoms with Gasteiger partial charge in [0.1, 0.15) is 18.6 Å². The maximum Gasteiger partial charge on any atom is 0.257 e. The summed E-state index contributed by atoms with van der Waals surface area (Å²) in [6.45, 7) is 3.51. The van der Waals surface area contributed by atoms with Crippen LogP contribution in [0.1, 0.15) is 32.9 Å². The lowest BCUT2D eigenvalue weighted by Gasteiger charge is -2.27. The van der Waals surface area contributed by atoms with Crippen molar-refractivity contribution in [1.29, 1.82) is 0 Å². The summed E-state index contributed by atoms with van der Waals surface area (Å²) in [5.74, 6) is 0.548. The first-order valence-corrected chi connectivity index (χ1v) is 8.52. The number of fused-ring (bicyclic) bond motifs is 1. The summed E-state index contributed by atoms with van der Waals surface area (Å²) >= 11 is 0. The molecule has 0 atom stereocenters. The number of aromatic nitrogens is 3. The van der Waals surface area contributed by atoms with E-state index in [4.69, 9.17) is 9.15 Å². The largest absolute Gasteiger partial charge is 0.472 e. The molecule has 0 aromatic carbocycles. The van der Waals surface area contributed by atoms with Crippen molar-refractivity contribution in [3.8, 4) is 5.88 Å². The van der Waals surface area contributed by atoms with Crippen LogP contribution in [0.15, 0.2) is 41.3 Å². The fourth-order valence-electron chi connectivity index (χ4n) is 3.26. The van der Waals surface area contributed by atoms with Gasteiger partial charge in [0, 0.05) is 50.1 Å². The van der Waals surface area contributed by atoms with Gasteiger partial charge in [0.2, 0.25) is 5.88 Å². The minimum atomic E-state index is -0.0273. The zero-order valence-corrected chi connectivity index (χ0v) is 14.8. The van der Waals surface area contributed by atoms with E-state index >= 15 is 0 Å². The number of carbonyl (C=O) groups excluding carboxylic acids is 1. The molecule has 0 unspecified atom stereocenters. The molecule has 3 aromatic rings. The standard InChI is InChI=1S/C19H20N4O3/c1-13-3-6-20-18(9-13)26-12-16-15-10-23(7-4-17(15)22(2)21-16)19(24)14-5-8-25-11-14/h3,5-6,8-9,11H,4,7,10,12H2,1-2H3. The van der Waals surface area contributed by atoms with Gasteiger partial charge in [0.25, 0.3) is 5.91 Å². The van der Waals surface area contributed by atoms with Gasteiger partial charge in [-0.1, -0.05) is 0 Å². The minimum absolute atomic E-state index is 0.0273. The molecule has 134 valence electrons. The molecule has 4 rings (SSSR count). The molecule has 0 aliphatic carbocycles. The van der Waals surface area contributed by atoms with Crippen molar-refractivity contribution < 1.29 is 13.9 Å². The highest BCUT2D eigenvalue weighted by atomic mass is 16.5. The molecule has 0 fully saturated rings. The number of hydrogen-bond acceptors (Lipinski definition) is 5. The van der Waals surface area contributed by atoms with E-state index in [1.54, 1.807) is 12.3 Å². The number of hydrogen-bond donors (Lipinski definition) is 0. The number of ether oxygens (including phenoxy) is 1. The highest BCUT2D eigenvalue weighted by Gasteiger charge is 2.27. The Hall–Kier alpha value is -3.09. The molecule has 0 N–H and O–H groups in total. The average Bonchev–Trinajstić information content (AvgIpc) is 3.28. The fraction of sp³-hybridized carbons (Fsp3) is 0.316. The number of rotatable bonds is 4. The van der Waals surface area contributed by atoms with Crippen LogP contribution < -0.4 is 4.74 Å². The van der Waals surface area contributed by atoms with Crippen molar-refractivity contribution in [3.05, 3.63) is 65.0 Å². The molecule has 0 saturated carbocycles. The van der Waals surface area contributed by atoms with Crippen LogP contribution in [0.4, 0.5) is 0 Å². The highest BCUT2D eigenvalue weighted by Crippen LogP contribution is 2.24. The summed E-state index contributed by atoms with van der Waals surface area (Å²) in [7, 11) is 1.93. The van der Waals surface area contributed by atoms with Gasteiger partial charge in [-0.05, 0) is 24.6 Å². The summed E-state index contributed by atoms with van der Waals surface area (Å²) in [5, 5.41) is 4.59. The van der Waals surface area contributed by atoms with Gasteiger partial charge in [-0.25, -0.2) is 4.98 Å². The van der Waals surface area contributed by atoms with Crippen LogP contribution in [0.3, 0.4) is 0 Å². The first kappa shape index (κ1) is 16.4. The lowest BCUT2D eigenvalue weighted by atomic mass is 10.0. The molecule has 26 heavy (non-hydrogen) atoms. The summed E-state index contributed by atoms with van der Waals surface area (Å²) < 4.78 is 12.7. The second kappa shape index (κ2) is 6.67. The van der Waals surface area contributed by atoms with Gasteiger partial charge in [-0.2, -0.15) is 5.10 Å². The third-order valence-electron chi connectivity index (χ3n) is 4.63. The van der Waals surface area contributed by atoms with Crippen LogP contribution in [0.5, 0.6) is 5.88 Å². The Morgan fingerprint density at radius 1 is 1.38 bits per heavy atom. The molecule has 0 spiro atoms. The summed E-state index contributed by atoms with van der Waals surface area (Å²) in [5.41, 5.74) is 4.71. The van der Waals surface area contributed by atoms with Gasteiger partial charge < -0.3 is 14.1 Å². The molecule has 7 nitrogen and oxygen atoms in total. The van der Waals surface area contributed by atoms with E-state index in [-0.39, 0.29) is 5.91 Å². The molecule has 1 aliphatic rings. The minimum Gasteiger partial charge on any atom is -0.472 e. The van der Waals surface area contributed by atoms with Crippen molar-refractivity contribution in [1.82, 2.24) is 19.7 Å². The highest BCUT2D eigenvalue weighted by molar-refractivity contribution is 5.93. The number of amides is 1. The van der Waals surface area contributed by atoms with E-state index in [9.17, 15) is 4.79 Å². The van der Waals surface area contributed by atoms with Gasteiger partial charge in [0.15, 0.2) is 0 Å². The van der Waals surface area contributed by atoms with Crippen LogP contribution in [-0.2, 0) is 26.6 Å². The maximum atomic E-state index is 12.6. The summed E-state index contributed by atoms with van der Waals surface area (Å²) in [6, 6.07) is 5.51. The Morgan fingerprint density at radius 3 is 3.04 bits per heavy atom. The topological polar surface area (TPSA) is 73.4 Å². The third kappa shape index (κ3) is 3.08. The molecule has 4 heterocycles. The molecule has 7 heteroatoms. The fourth-order valence-corrected chi connectivity index (χ4v) is 3.26. The molecule has 3 aromatic heterocycles. The van der Waals surface area contributed by atoms with Crippen LogP contribution in [-0.4, -0.2) is 32.1 Å². The molecule has 0 bridgehead atoms. The normalized spacial score (nSPS) is 13.5. The second-order valence-electron chi connectivity index (χ2n) is 6.44. The molecular weight excluding hydrogens is 332 g/mol. The lowest BCUT2D eigenvalue weighted by Crippen LogP contribution is -2.36. The van der Waals surface area contributed by atoms with Crippen molar-refractivity contribution >= 4 is 5.91 Å². The third-order valence-corrected chi connectivity index (χ3v) is 4.63. The van der Waals surface area contributed by atoms with Gasteiger partial charge in [0.05, 0.1) is 11.8 Å². The Labute approximate surface area is 151 Å². The molecule has 0 saturated heterocycles. The SMILES string of the molecule is Cc1ccnc(OCc2nn(C)c3c2CN(C(=O)c2ccoc2)CC3)c1. The predicted octanol–water partition coefficient (Wildman–Crippen LogP) is 2.49. The zero-order valence-electron chi connectivity index (χ0n) is 14.8. The van der Waals surface area contributed by atoms with E-state index in [1.165, 1.54) is 12.5 Å². The molecular formula is C19H20N4O3. The van der Waals surface area contributed by atoms with Gasteiger partial charge in [-0.3, -0.25) is 9.48 Å². The van der Waals surface area contributed by atoms with Crippen LogP contribution in [0.25, 0.3) is 0 Å². The Bertz CT molecular complexity index is 930. The van der Waals surface area contributed by atoms with Crippen LogP contribution in [0, 0.1) is 6.92 Å². The van der Waals surface area contributed by atoms with Crippen molar-refractivity contribution in [2.24, 2.45) is 7.05 Å². The first-order valence-electron chi connectivity index (χ1n) is 8.52.